The maximum atomic E-state index is 11.5. The molecule has 0 aliphatic rings. The highest BCUT2D eigenvalue weighted by Gasteiger charge is 2.19. The third kappa shape index (κ3) is 7.36. The van der Waals surface area contributed by atoms with Gasteiger partial charge < -0.3 is 5.11 Å². The normalized spacial score (nSPS) is 12.3. The summed E-state index contributed by atoms with van der Waals surface area (Å²) < 4.78 is 23.0. The zero-order chi connectivity index (χ0) is 7.49. The summed E-state index contributed by atoms with van der Waals surface area (Å²) in [6.07, 6.45) is 0.379. The summed E-state index contributed by atoms with van der Waals surface area (Å²) in [6, 6.07) is 0. The summed E-state index contributed by atoms with van der Waals surface area (Å²) in [5.74, 6) is -1.45. The van der Waals surface area contributed by atoms with Crippen LogP contribution in [0.4, 0.5) is 8.78 Å². The molecule has 9 heavy (non-hydrogen) atoms. The Labute approximate surface area is 54.7 Å². The van der Waals surface area contributed by atoms with Crippen LogP contribution in [0.3, 0.4) is 0 Å². The zero-order valence-electron chi connectivity index (χ0n) is 4.14. The summed E-state index contributed by atoms with van der Waals surface area (Å²) in [7, 11) is 0. The Hall–Kier alpha value is -0.640. The van der Waals surface area contributed by atoms with Crippen LogP contribution in [0.25, 0.3) is 0 Å². The number of carbonyl (C=O) groups is 1. The van der Waals surface area contributed by atoms with Crippen molar-refractivity contribution in [2.75, 3.05) is 0 Å². The van der Waals surface area contributed by atoms with Crippen molar-refractivity contribution in [2.24, 2.45) is 0 Å². The lowest BCUT2D eigenvalue weighted by atomic mass is 10.5. The maximum absolute atomic E-state index is 11.5. The monoisotopic (exact) mass is 156 g/mol. The Bertz CT molecular complexity index is 138. The molecule has 0 aliphatic heterocycles. The lowest BCUT2D eigenvalue weighted by Gasteiger charge is -1.95. The Morgan fingerprint density at radius 3 is 2.22 bits per heavy atom. The van der Waals surface area contributed by atoms with Gasteiger partial charge in [0, 0.05) is 12.2 Å². The molecule has 0 rings (SSSR count). The van der Waals surface area contributed by atoms with Crippen LogP contribution in [0.1, 0.15) is 0 Å². The molecule has 0 fully saturated rings. The molecule has 52 valence electrons. The van der Waals surface area contributed by atoms with Crippen molar-refractivity contribution in [3.05, 3.63) is 12.2 Å². The number of allylic oxidation sites excluding steroid dienone is 1. The van der Waals surface area contributed by atoms with Gasteiger partial charge in [-0.05, 0) is 11.6 Å². The highest BCUT2D eigenvalue weighted by molar-refractivity contribution is 6.23. The van der Waals surface area contributed by atoms with Crippen LogP contribution in [-0.4, -0.2) is 16.5 Å². The molecule has 0 amide bonds. The minimum Gasteiger partial charge on any atom is -0.478 e. The van der Waals surface area contributed by atoms with Gasteiger partial charge in [0.15, 0.2) is 0 Å². The van der Waals surface area contributed by atoms with Gasteiger partial charge in [0.25, 0.3) is 0 Å². The molecular weight excluding hydrogens is 153 g/mol. The van der Waals surface area contributed by atoms with Gasteiger partial charge in [0.05, 0.1) is 0 Å². The number of aliphatic carboxylic acids is 1. The van der Waals surface area contributed by atoms with Gasteiger partial charge in [-0.15, -0.1) is 0 Å². The fourth-order valence-corrected chi connectivity index (χ4v) is 0.229. The van der Waals surface area contributed by atoms with E-state index >= 15 is 0 Å². The van der Waals surface area contributed by atoms with E-state index in [-0.39, 0.29) is 12.2 Å². The van der Waals surface area contributed by atoms with Gasteiger partial charge >= 0.3 is 11.4 Å². The van der Waals surface area contributed by atoms with Crippen molar-refractivity contribution in [1.82, 2.24) is 0 Å². The Balaban J connectivity index is 3.86. The molecular formula is C4H3ClF2O2. The first-order chi connectivity index (χ1) is 3.92. The summed E-state index contributed by atoms with van der Waals surface area (Å²) in [4.78, 5) is 9.57. The molecule has 0 spiro atoms. The molecule has 0 radical (unpaired) electrons. The number of halogens is 3. The average molecular weight is 157 g/mol. The predicted octanol–water partition coefficient (Wildman–Crippen LogP) is 1.46. The van der Waals surface area contributed by atoms with Crippen molar-refractivity contribution in [1.29, 1.82) is 0 Å². The van der Waals surface area contributed by atoms with Crippen molar-refractivity contribution in [3.63, 3.8) is 0 Å². The van der Waals surface area contributed by atoms with Crippen molar-refractivity contribution >= 4 is 17.6 Å². The number of carboxylic acids is 1. The fourth-order valence-electron chi connectivity index (χ4n) is 0.166. The van der Waals surface area contributed by atoms with Gasteiger partial charge in [-0.1, -0.05) is 0 Å². The van der Waals surface area contributed by atoms with Crippen LogP contribution in [0.15, 0.2) is 12.2 Å². The van der Waals surface area contributed by atoms with Crippen LogP contribution >= 0.6 is 11.6 Å². The van der Waals surface area contributed by atoms with Gasteiger partial charge in [-0.25, -0.2) is 4.79 Å². The Morgan fingerprint density at radius 2 is 2.11 bits per heavy atom. The number of hydrogen-bond acceptors (Lipinski definition) is 1. The summed E-state index contributed by atoms with van der Waals surface area (Å²) in [5, 5.41) is 4.24. The SMILES string of the molecule is O=C(O)C=CC(F)(F)Cl. The minimum absolute atomic E-state index is 0.0941. The number of rotatable bonds is 2. The predicted molar refractivity (Wildman–Crippen MR) is 27.6 cm³/mol. The largest absolute Gasteiger partial charge is 0.478 e. The van der Waals surface area contributed by atoms with Crippen LogP contribution in [-0.2, 0) is 4.79 Å². The number of carboxylic acid groups (broad SMARTS) is 1. The molecule has 2 nitrogen and oxygen atoms in total. The Morgan fingerprint density at radius 1 is 1.67 bits per heavy atom. The van der Waals surface area contributed by atoms with E-state index in [9.17, 15) is 13.6 Å². The quantitative estimate of drug-likeness (QED) is 0.486. The molecule has 0 unspecified atom stereocenters. The van der Waals surface area contributed by atoms with Gasteiger partial charge in [0.1, 0.15) is 0 Å². The lowest BCUT2D eigenvalue weighted by Crippen LogP contribution is -2.00. The number of hydrogen-bond donors (Lipinski definition) is 1. The van der Waals surface area contributed by atoms with Gasteiger partial charge in [-0.2, -0.15) is 8.78 Å². The molecule has 0 aliphatic carbocycles. The van der Waals surface area contributed by atoms with E-state index in [1.54, 1.807) is 0 Å². The lowest BCUT2D eigenvalue weighted by molar-refractivity contribution is -0.131. The van der Waals surface area contributed by atoms with Crippen LogP contribution in [0.2, 0.25) is 0 Å². The van der Waals surface area contributed by atoms with Crippen molar-refractivity contribution < 1.29 is 18.7 Å². The van der Waals surface area contributed by atoms with E-state index in [1.807, 2.05) is 0 Å². The first-order valence-corrected chi connectivity index (χ1v) is 2.28. The Kier molecular flexibility index (Phi) is 2.58. The molecule has 1 N–H and O–H groups in total. The van der Waals surface area contributed by atoms with Crippen molar-refractivity contribution in [3.8, 4) is 0 Å². The summed E-state index contributed by atoms with van der Waals surface area (Å²) in [5.41, 5.74) is 0. The molecule has 0 saturated carbocycles. The molecule has 0 bridgehead atoms. The van der Waals surface area contributed by atoms with Crippen LogP contribution < -0.4 is 0 Å². The van der Waals surface area contributed by atoms with Crippen molar-refractivity contribution in [2.45, 2.75) is 5.38 Å². The highest BCUT2D eigenvalue weighted by Crippen LogP contribution is 2.19. The standard InChI is InChI=1S/C4H3ClF2O2/c5-4(6,7)2-1-3(8)9/h1-2H,(H,8,9). The molecule has 0 aromatic carbocycles. The maximum Gasteiger partial charge on any atom is 0.341 e. The van der Waals surface area contributed by atoms with Crippen LogP contribution in [0.5, 0.6) is 0 Å². The number of alkyl halides is 3. The highest BCUT2D eigenvalue weighted by atomic mass is 35.5. The second-order valence-corrected chi connectivity index (χ2v) is 1.72. The first kappa shape index (κ1) is 8.36. The smallest absolute Gasteiger partial charge is 0.341 e. The van der Waals surface area contributed by atoms with E-state index in [0.29, 0.717) is 0 Å². The minimum atomic E-state index is -3.56. The van der Waals surface area contributed by atoms with Crippen LogP contribution in [0, 0.1) is 0 Å². The van der Waals surface area contributed by atoms with E-state index < -0.39 is 11.4 Å². The third-order valence-electron chi connectivity index (χ3n) is 0.415. The molecule has 5 heteroatoms. The molecule has 0 heterocycles. The van der Waals surface area contributed by atoms with E-state index in [0.717, 1.165) is 0 Å². The second kappa shape index (κ2) is 2.77. The van der Waals surface area contributed by atoms with Gasteiger partial charge in [0.2, 0.25) is 0 Å². The first-order valence-electron chi connectivity index (χ1n) is 1.91. The molecule has 0 aromatic rings. The van der Waals surface area contributed by atoms with E-state index in [4.69, 9.17) is 5.11 Å². The van der Waals surface area contributed by atoms with E-state index in [1.165, 1.54) is 0 Å². The third-order valence-corrected chi connectivity index (χ3v) is 0.541. The second-order valence-electron chi connectivity index (χ2n) is 1.21. The van der Waals surface area contributed by atoms with Gasteiger partial charge in [-0.3, -0.25) is 0 Å². The summed E-state index contributed by atoms with van der Waals surface area (Å²) in [6.45, 7) is 0. The average Bonchev–Trinajstić information content (AvgIpc) is 1.59. The fraction of sp³-hybridized carbons (Fsp3) is 0.250. The molecule has 0 saturated heterocycles. The summed E-state index contributed by atoms with van der Waals surface area (Å²) >= 11 is 4.29. The molecule has 0 atom stereocenters. The zero-order valence-corrected chi connectivity index (χ0v) is 4.90. The molecule has 0 aromatic heterocycles. The van der Waals surface area contributed by atoms with E-state index in [2.05, 4.69) is 11.6 Å². The topological polar surface area (TPSA) is 37.3 Å².